The summed E-state index contributed by atoms with van der Waals surface area (Å²) < 4.78 is 5.25. The van der Waals surface area contributed by atoms with Gasteiger partial charge < -0.3 is 14.5 Å². The molecule has 0 aromatic carbocycles. The Labute approximate surface area is 127 Å². The molecule has 1 N–H and O–H groups in total. The zero-order valence-corrected chi connectivity index (χ0v) is 12.7. The van der Waals surface area contributed by atoms with Crippen LogP contribution in [0.1, 0.15) is 48.4 Å². The molecule has 1 amide bonds. The fourth-order valence-electron chi connectivity index (χ4n) is 2.63. The largest absolute Gasteiger partial charge is 0.385 e. The van der Waals surface area contributed by atoms with Crippen LogP contribution in [-0.4, -0.2) is 34.2 Å². The third kappa shape index (κ3) is 2.73. The maximum absolute atomic E-state index is 12.8. The Balaban J connectivity index is 2.01. The molecule has 6 heteroatoms. The summed E-state index contributed by atoms with van der Waals surface area (Å²) >= 11 is 1.50. The van der Waals surface area contributed by atoms with Crippen molar-refractivity contribution >= 4 is 17.2 Å². The summed E-state index contributed by atoms with van der Waals surface area (Å²) in [5.41, 5.74) is 0.950. The van der Waals surface area contributed by atoms with Gasteiger partial charge in [0.15, 0.2) is 5.76 Å². The normalized spacial score (nSPS) is 17.0. The molecule has 1 aliphatic rings. The smallest absolute Gasteiger partial charge is 0.259 e. The van der Waals surface area contributed by atoms with Crippen LogP contribution in [0.25, 0.3) is 10.6 Å². The van der Waals surface area contributed by atoms with Crippen molar-refractivity contribution in [3.05, 3.63) is 28.8 Å². The van der Waals surface area contributed by atoms with Crippen LogP contribution in [0, 0.1) is 0 Å². The van der Waals surface area contributed by atoms with E-state index in [-0.39, 0.29) is 11.7 Å². The molecule has 1 unspecified atom stereocenters. The number of amides is 1. The summed E-state index contributed by atoms with van der Waals surface area (Å²) in [6, 6.07) is 3.81. The van der Waals surface area contributed by atoms with Crippen molar-refractivity contribution in [3.8, 4) is 10.6 Å². The number of aliphatic hydroxyl groups is 1. The Bertz CT molecular complexity index is 613. The number of rotatable bonds is 3. The molecule has 0 aliphatic carbocycles. The highest BCUT2D eigenvalue weighted by Crippen LogP contribution is 2.33. The first-order valence-corrected chi connectivity index (χ1v) is 8.07. The van der Waals surface area contributed by atoms with Gasteiger partial charge >= 0.3 is 0 Å². The molecule has 2 aromatic rings. The van der Waals surface area contributed by atoms with Gasteiger partial charge in [0.2, 0.25) is 0 Å². The quantitative estimate of drug-likeness (QED) is 0.946. The average Bonchev–Trinajstić information content (AvgIpc) is 3.16. The number of hydrogen-bond acceptors (Lipinski definition) is 5. The molecule has 112 valence electrons. The molecule has 3 rings (SSSR count). The second kappa shape index (κ2) is 5.99. The third-order valence-corrected chi connectivity index (χ3v) is 4.59. The van der Waals surface area contributed by atoms with Gasteiger partial charge in [0.25, 0.3) is 5.91 Å². The standard InChI is InChI=1S/C15H18N2O3S/c1-10(18)14-12(15(19)17-7-3-2-4-8-17)13(16-20-14)11-6-5-9-21-11/h5-6,9-10,18H,2-4,7-8H2,1H3. The first-order chi connectivity index (χ1) is 10.2. The third-order valence-electron chi connectivity index (χ3n) is 3.71. The molecule has 0 spiro atoms. The van der Waals surface area contributed by atoms with E-state index in [0.29, 0.717) is 11.3 Å². The first-order valence-electron chi connectivity index (χ1n) is 7.19. The average molecular weight is 306 g/mol. The summed E-state index contributed by atoms with van der Waals surface area (Å²) in [6.07, 6.45) is 2.36. The predicted octanol–water partition coefficient (Wildman–Crippen LogP) is 3.08. The molecular weight excluding hydrogens is 288 g/mol. The van der Waals surface area contributed by atoms with Crippen molar-refractivity contribution in [1.82, 2.24) is 10.1 Å². The lowest BCUT2D eigenvalue weighted by molar-refractivity contribution is 0.0713. The van der Waals surface area contributed by atoms with Gasteiger partial charge in [-0.15, -0.1) is 11.3 Å². The maximum Gasteiger partial charge on any atom is 0.259 e. The lowest BCUT2D eigenvalue weighted by Crippen LogP contribution is -2.36. The van der Waals surface area contributed by atoms with Gasteiger partial charge in [0.05, 0.1) is 4.88 Å². The first kappa shape index (κ1) is 14.3. The summed E-state index contributed by atoms with van der Waals surface area (Å²) in [7, 11) is 0. The molecule has 1 atom stereocenters. The minimum atomic E-state index is -0.852. The van der Waals surface area contributed by atoms with Crippen LogP contribution < -0.4 is 0 Å². The number of piperidine rings is 1. The van der Waals surface area contributed by atoms with Crippen molar-refractivity contribution in [2.24, 2.45) is 0 Å². The van der Waals surface area contributed by atoms with Gasteiger partial charge in [0, 0.05) is 13.1 Å². The number of carbonyl (C=O) groups is 1. The highest BCUT2D eigenvalue weighted by atomic mass is 32.1. The number of nitrogens with zero attached hydrogens (tertiary/aromatic N) is 2. The van der Waals surface area contributed by atoms with Gasteiger partial charge in [-0.1, -0.05) is 11.2 Å². The van der Waals surface area contributed by atoms with Crippen molar-refractivity contribution < 1.29 is 14.4 Å². The van der Waals surface area contributed by atoms with E-state index in [1.807, 2.05) is 22.4 Å². The second-order valence-corrected chi connectivity index (χ2v) is 6.22. The van der Waals surface area contributed by atoms with Crippen LogP contribution in [-0.2, 0) is 0 Å². The second-order valence-electron chi connectivity index (χ2n) is 5.28. The summed E-state index contributed by atoms with van der Waals surface area (Å²) in [4.78, 5) is 15.5. The van der Waals surface area contributed by atoms with E-state index in [4.69, 9.17) is 4.52 Å². The lowest BCUT2D eigenvalue weighted by Gasteiger charge is -2.26. The summed E-state index contributed by atoms with van der Waals surface area (Å²) in [5.74, 6) is 0.171. The number of aromatic nitrogens is 1. The van der Waals surface area contributed by atoms with Crippen LogP contribution >= 0.6 is 11.3 Å². The van der Waals surface area contributed by atoms with E-state index < -0.39 is 6.10 Å². The number of likely N-dealkylation sites (tertiary alicyclic amines) is 1. The van der Waals surface area contributed by atoms with Crippen molar-refractivity contribution in [2.45, 2.75) is 32.3 Å². The van der Waals surface area contributed by atoms with Crippen LogP contribution in [0.3, 0.4) is 0 Å². The zero-order chi connectivity index (χ0) is 14.8. The molecule has 1 fully saturated rings. The van der Waals surface area contributed by atoms with Crippen molar-refractivity contribution in [2.75, 3.05) is 13.1 Å². The fraction of sp³-hybridized carbons (Fsp3) is 0.467. The van der Waals surface area contributed by atoms with E-state index in [9.17, 15) is 9.90 Å². The Morgan fingerprint density at radius 2 is 2.19 bits per heavy atom. The highest BCUT2D eigenvalue weighted by Gasteiger charge is 2.30. The molecule has 0 bridgehead atoms. The fourth-order valence-corrected chi connectivity index (χ4v) is 3.34. The Kier molecular flexibility index (Phi) is 4.07. The summed E-state index contributed by atoms with van der Waals surface area (Å²) in [5, 5.41) is 15.8. The maximum atomic E-state index is 12.8. The molecule has 2 aromatic heterocycles. The number of thiophene rings is 1. The van der Waals surface area contributed by atoms with Crippen LogP contribution in [0.2, 0.25) is 0 Å². The highest BCUT2D eigenvalue weighted by molar-refractivity contribution is 7.13. The van der Waals surface area contributed by atoms with E-state index in [1.165, 1.54) is 11.3 Å². The van der Waals surface area contributed by atoms with E-state index in [1.54, 1.807) is 6.92 Å². The SMILES string of the molecule is CC(O)c1onc(-c2cccs2)c1C(=O)N1CCCCC1. The zero-order valence-electron chi connectivity index (χ0n) is 11.9. The molecule has 0 radical (unpaired) electrons. The lowest BCUT2D eigenvalue weighted by atomic mass is 10.1. The van der Waals surface area contributed by atoms with Crippen molar-refractivity contribution in [1.29, 1.82) is 0 Å². The van der Waals surface area contributed by atoms with Gasteiger partial charge in [-0.2, -0.15) is 0 Å². The number of aliphatic hydroxyl groups excluding tert-OH is 1. The Morgan fingerprint density at radius 1 is 1.43 bits per heavy atom. The Hall–Kier alpha value is -1.66. The molecule has 5 nitrogen and oxygen atoms in total. The number of carbonyl (C=O) groups excluding carboxylic acids is 1. The van der Waals surface area contributed by atoms with Gasteiger partial charge in [-0.3, -0.25) is 4.79 Å². The molecule has 3 heterocycles. The van der Waals surface area contributed by atoms with Gasteiger partial charge in [-0.05, 0) is 37.6 Å². The minimum Gasteiger partial charge on any atom is -0.385 e. The van der Waals surface area contributed by atoms with Crippen LogP contribution in [0.5, 0.6) is 0 Å². The number of hydrogen-bond donors (Lipinski definition) is 1. The van der Waals surface area contributed by atoms with Gasteiger partial charge in [0.1, 0.15) is 17.4 Å². The minimum absolute atomic E-state index is 0.0877. The van der Waals surface area contributed by atoms with E-state index >= 15 is 0 Å². The molecule has 1 aliphatic heterocycles. The Morgan fingerprint density at radius 3 is 2.81 bits per heavy atom. The molecule has 1 saturated heterocycles. The van der Waals surface area contributed by atoms with Crippen LogP contribution in [0.15, 0.2) is 22.0 Å². The predicted molar refractivity (Wildman–Crippen MR) is 80.2 cm³/mol. The van der Waals surface area contributed by atoms with Crippen LogP contribution in [0.4, 0.5) is 0 Å². The van der Waals surface area contributed by atoms with Gasteiger partial charge in [-0.25, -0.2) is 0 Å². The summed E-state index contributed by atoms with van der Waals surface area (Å²) in [6.45, 7) is 3.10. The molecular formula is C15H18N2O3S. The monoisotopic (exact) mass is 306 g/mol. The van der Waals surface area contributed by atoms with E-state index in [2.05, 4.69) is 5.16 Å². The topological polar surface area (TPSA) is 66.6 Å². The molecule has 21 heavy (non-hydrogen) atoms. The van der Waals surface area contributed by atoms with Crippen molar-refractivity contribution in [3.63, 3.8) is 0 Å². The molecule has 0 saturated carbocycles. The van der Waals surface area contributed by atoms with E-state index in [0.717, 1.165) is 37.2 Å².